The molecule has 8 nitrogen and oxygen atoms in total. The van der Waals surface area contributed by atoms with Gasteiger partial charge in [-0.1, -0.05) is 17.3 Å². The van der Waals surface area contributed by atoms with Crippen LogP contribution in [0.1, 0.15) is 24.6 Å². The van der Waals surface area contributed by atoms with Gasteiger partial charge >= 0.3 is 5.97 Å². The van der Waals surface area contributed by atoms with E-state index in [4.69, 9.17) is 9.26 Å². The van der Waals surface area contributed by atoms with Crippen molar-refractivity contribution in [1.82, 2.24) is 15.0 Å². The zero-order valence-electron chi connectivity index (χ0n) is 12.0. The van der Waals surface area contributed by atoms with Crippen LogP contribution >= 0.6 is 0 Å². The van der Waals surface area contributed by atoms with Gasteiger partial charge in [0.25, 0.3) is 5.89 Å². The van der Waals surface area contributed by atoms with Crippen LogP contribution in [0.15, 0.2) is 16.7 Å². The fourth-order valence-electron chi connectivity index (χ4n) is 2.74. The SMILES string of the molecule is Cc1noc(COC(=O)CN2C(=O)[C@H]3CC=CC[C@H]3C2=O)n1. The molecule has 2 atom stereocenters. The maximum absolute atomic E-state index is 12.2. The van der Waals surface area contributed by atoms with Crippen LogP contribution in [0.4, 0.5) is 0 Å². The van der Waals surface area contributed by atoms with E-state index in [0.29, 0.717) is 18.7 Å². The Kier molecular flexibility index (Phi) is 3.74. The number of hydrogen-bond acceptors (Lipinski definition) is 7. The minimum Gasteiger partial charge on any atom is -0.454 e. The Hall–Kier alpha value is -2.51. The maximum atomic E-state index is 12.2. The number of likely N-dealkylation sites (tertiary alicyclic amines) is 1. The van der Waals surface area contributed by atoms with Crippen LogP contribution < -0.4 is 0 Å². The van der Waals surface area contributed by atoms with Crippen molar-refractivity contribution in [3.63, 3.8) is 0 Å². The van der Waals surface area contributed by atoms with Crippen molar-refractivity contribution in [2.24, 2.45) is 11.8 Å². The average molecular weight is 305 g/mol. The lowest BCUT2D eigenvalue weighted by atomic mass is 9.85. The van der Waals surface area contributed by atoms with Crippen molar-refractivity contribution < 1.29 is 23.6 Å². The Morgan fingerprint density at radius 3 is 2.50 bits per heavy atom. The summed E-state index contributed by atoms with van der Waals surface area (Å²) in [6.45, 7) is 1.09. The lowest BCUT2D eigenvalue weighted by Crippen LogP contribution is -2.36. The van der Waals surface area contributed by atoms with Gasteiger partial charge in [0.05, 0.1) is 11.8 Å². The molecule has 1 aliphatic heterocycles. The zero-order valence-corrected chi connectivity index (χ0v) is 12.0. The third-order valence-electron chi connectivity index (χ3n) is 3.81. The first-order valence-electron chi connectivity index (χ1n) is 7.01. The van der Waals surface area contributed by atoms with E-state index in [1.165, 1.54) is 0 Å². The smallest absolute Gasteiger partial charge is 0.326 e. The second-order valence-corrected chi connectivity index (χ2v) is 5.31. The van der Waals surface area contributed by atoms with Crippen LogP contribution in [0.25, 0.3) is 0 Å². The van der Waals surface area contributed by atoms with E-state index in [9.17, 15) is 14.4 Å². The summed E-state index contributed by atoms with van der Waals surface area (Å²) in [4.78, 5) is 41.1. The number of nitrogens with zero attached hydrogens (tertiary/aromatic N) is 3. The third-order valence-corrected chi connectivity index (χ3v) is 3.81. The van der Waals surface area contributed by atoms with Gasteiger partial charge in [-0.05, 0) is 19.8 Å². The van der Waals surface area contributed by atoms with Gasteiger partial charge in [0.15, 0.2) is 12.4 Å². The average Bonchev–Trinajstić information content (AvgIpc) is 3.03. The van der Waals surface area contributed by atoms with Gasteiger partial charge in [0, 0.05) is 0 Å². The van der Waals surface area contributed by atoms with E-state index in [0.717, 1.165) is 4.90 Å². The van der Waals surface area contributed by atoms with Gasteiger partial charge in [0.1, 0.15) is 6.54 Å². The van der Waals surface area contributed by atoms with Crippen LogP contribution in [-0.2, 0) is 25.7 Å². The molecule has 0 radical (unpaired) electrons. The number of aryl methyl sites for hydroxylation is 1. The Labute approximate surface area is 126 Å². The first-order chi connectivity index (χ1) is 10.6. The van der Waals surface area contributed by atoms with Gasteiger partial charge < -0.3 is 9.26 Å². The summed E-state index contributed by atoms with van der Waals surface area (Å²) in [5.74, 6) is -1.36. The second kappa shape index (κ2) is 5.70. The summed E-state index contributed by atoms with van der Waals surface area (Å²) in [6.07, 6.45) is 4.88. The molecule has 0 bridgehead atoms. The molecular weight excluding hydrogens is 290 g/mol. The van der Waals surface area contributed by atoms with Crippen molar-refractivity contribution in [2.75, 3.05) is 6.54 Å². The predicted molar refractivity (Wildman–Crippen MR) is 70.9 cm³/mol. The largest absolute Gasteiger partial charge is 0.454 e. The minimum absolute atomic E-state index is 0.169. The second-order valence-electron chi connectivity index (χ2n) is 5.31. The molecule has 2 aliphatic rings. The highest BCUT2D eigenvalue weighted by atomic mass is 16.6. The lowest BCUT2D eigenvalue weighted by molar-refractivity contribution is -0.154. The molecule has 1 fully saturated rings. The van der Waals surface area contributed by atoms with Gasteiger partial charge in [-0.3, -0.25) is 19.3 Å². The number of ether oxygens (including phenoxy) is 1. The summed E-state index contributed by atoms with van der Waals surface area (Å²) in [7, 11) is 0. The molecule has 0 aromatic carbocycles. The molecule has 0 saturated carbocycles. The predicted octanol–water partition coefficient (Wildman–Crippen LogP) is 0.372. The number of amides is 2. The van der Waals surface area contributed by atoms with Crippen LogP contribution in [-0.4, -0.2) is 39.4 Å². The van der Waals surface area contributed by atoms with Gasteiger partial charge in [-0.25, -0.2) is 0 Å². The minimum atomic E-state index is -0.677. The Bertz CT molecular complexity index is 625. The fourth-order valence-corrected chi connectivity index (χ4v) is 2.74. The molecule has 1 aromatic rings. The normalized spacial score (nSPS) is 23.8. The highest BCUT2D eigenvalue weighted by Gasteiger charge is 2.47. The number of fused-ring (bicyclic) bond motifs is 1. The van der Waals surface area contributed by atoms with E-state index >= 15 is 0 Å². The topological polar surface area (TPSA) is 103 Å². The molecule has 1 saturated heterocycles. The number of carbonyl (C=O) groups is 3. The maximum Gasteiger partial charge on any atom is 0.326 e. The Morgan fingerprint density at radius 1 is 1.32 bits per heavy atom. The van der Waals surface area contributed by atoms with Crippen molar-refractivity contribution in [1.29, 1.82) is 0 Å². The number of esters is 1. The highest BCUT2D eigenvalue weighted by molar-refractivity contribution is 6.07. The number of carbonyl (C=O) groups excluding carboxylic acids is 3. The van der Waals surface area contributed by atoms with E-state index in [1.807, 2.05) is 12.2 Å². The van der Waals surface area contributed by atoms with Crippen LogP contribution in [0, 0.1) is 18.8 Å². The summed E-state index contributed by atoms with van der Waals surface area (Å²) < 4.78 is 9.77. The third kappa shape index (κ3) is 2.63. The Balaban J connectivity index is 1.57. The first kappa shape index (κ1) is 14.4. The summed E-state index contributed by atoms with van der Waals surface area (Å²) in [5, 5.41) is 3.57. The standard InChI is InChI=1S/C14H15N3O5/c1-8-15-11(22-16-8)7-21-12(18)6-17-13(19)9-4-2-3-5-10(9)14(17)20/h2-3,9-10H,4-7H2,1H3/t9-,10+. The zero-order chi connectivity index (χ0) is 15.7. The molecule has 22 heavy (non-hydrogen) atoms. The van der Waals surface area contributed by atoms with E-state index in [1.54, 1.807) is 6.92 Å². The van der Waals surface area contributed by atoms with Crippen molar-refractivity contribution in [2.45, 2.75) is 26.4 Å². The molecule has 2 heterocycles. The molecule has 8 heteroatoms. The first-order valence-corrected chi connectivity index (χ1v) is 7.01. The molecule has 0 spiro atoms. The van der Waals surface area contributed by atoms with E-state index < -0.39 is 5.97 Å². The number of allylic oxidation sites excluding steroid dienone is 2. The van der Waals surface area contributed by atoms with E-state index in [-0.39, 0.29) is 42.7 Å². The van der Waals surface area contributed by atoms with E-state index in [2.05, 4.69) is 10.1 Å². The van der Waals surface area contributed by atoms with Crippen molar-refractivity contribution in [3.05, 3.63) is 23.9 Å². The number of hydrogen-bond donors (Lipinski definition) is 0. The van der Waals surface area contributed by atoms with Crippen molar-refractivity contribution >= 4 is 17.8 Å². The highest BCUT2D eigenvalue weighted by Crippen LogP contribution is 2.34. The molecule has 0 unspecified atom stereocenters. The molecule has 3 rings (SSSR count). The lowest BCUT2D eigenvalue weighted by Gasteiger charge is -2.14. The number of rotatable bonds is 4. The molecule has 116 valence electrons. The molecular formula is C14H15N3O5. The van der Waals surface area contributed by atoms with Gasteiger partial charge in [-0.15, -0.1) is 0 Å². The quantitative estimate of drug-likeness (QED) is 0.450. The number of imide groups is 1. The Morgan fingerprint density at radius 2 is 1.95 bits per heavy atom. The van der Waals surface area contributed by atoms with Crippen molar-refractivity contribution in [3.8, 4) is 0 Å². The molecule has 1 aromatic heterocycles. The number of aromatic nitrogens is 2. The van der Waals surface area contributed by atoms with Gasteiger partial charge in [-0.2, -0.15) is 4.98 Å². The van der Waals surface area contributed by atoms with Gasteiger partial charge in [0.2, 0.25) is 11.8 Å². The molecule has 2 amide bonds. The van der Waals surface area contributed by atoms with Crippen LogP contribution in [0.5, 0.6) is 0 Å². The van der Waals surface area contributed by atoms with Crippen LogP contribution in [0.3, 0.4) is 0 Å². The monoisotopic (exact) mass is 305 g/mol. The molecule has 0 N–H and O–H groups in total. The molecule has 1 aliphatic carbocycles. The summed E-state index contributed by atoms with van der Waals surface area (Å²) in [6, 6.07) is 0. The summed E-state index contributed by atoms with van der Waals surface area (Å²) in [5.41, 5.74) is 0. The van der Waals surface area contributed by atoms with Crippen LogP contribution in [0.2, 0.25) is 0 Å². The summed E-state index contributed by atoms with van der Waals surface area (Å²) >= 11 is 0. The fraction of sp³-hybridized carbons (Fsp3) is 0.500.